The van der Waals surface area contributed by atoms with E-state index in [9.17, 15) is 0 Å². The van der Waals surface area contributed by atoms with Gasteiger partial charge in [0.25, 0.3) is 0 Å². The molecule has 0 radical (unpaired) electrons. The lowest BCUT2D eigenvalue weighted by Gasteiger charge is -2.26. The van der Waals surface area contributed by atoms with Crippen LogP contribution in [0.2, 0.25) is 0 Å². The van der Waals surface area contributed by atoms with Gasteiger partial charge in [-0.05, 0) is 25.2 Å². The molecule has 1 aromatic rings. The van der Waals surface area contributed by atoms with Crippen LogP contribution < -0.4 is 10.2 Å². The summed E-state index contributed by atoms with van der Waals surface area (Å²) < 4.78 is 0. The fraction of sp³-hybridized carbons (Fsp3) is 0.769. The fourth-order valence-corrected chi connectivity index (χ4v) is 3.92. The molecule has 1 aliphatic heterocycles. The number of hydrogen-bond acceptors (Lipinski definition) is 4. The lowest BCUT2D eigenvalue weighted by molar-refractivity contribution is 0.553. The summed E-state index contributed by atoms with van der Waals surface area (Å²) in [6.45, 7) is 6.56. The first kappa shape index (κ1) is 11.5. The monoisotopic (exact) mass is 251 g/mol. The molecule has 1 saturated heterocycles. The van der Waals surface area contributed by atoms with Crippen LogP contribution in [-0.4, -0.2) is 23.6 Å². The van der Waals surface area contributed by atoms with Crippen LogP contribution in [0.1, 0.15) is 38.0 Å². The third-order valence-corrected chi connectivity index (χ3v) is 4.92. The zero-order valence-corrected chi connectivity index (χ0v) is 11.5. The highest BCUT2D eigenvalue weighted by molar-refractivity contribution is 7.15. The maximum atomic E-state index is 4.60. The summed E-state index contributed by atoms with van der Waals surface area (Å²) in [4.78, 5) is 8.50. The smallest absolute Gasteiger partial charge is 0.185 e. The molecule has 0 amide bonds. The molecule has 3 rings (SSSR count). The Labute approximate surface area is 107 Å². The Kier molecular flexibility index (Phi) is 3.09. The Bertz CT molecular complexity index is 388. The first-order chi connectivity index (χ1) is 8.22. The average molecular weight is 251 g/mol. The third kappa shape index (κ3) is 2.33. The van der Waals surface area contributed by atoms with Crippen LogP contribution in [0.3, 0.4) is 0 Å². The zero-order valence-electron chi connectivity index (χ0n) is 10.6. The number of nitrogens with one attached hydrogen (secondary N) is 1. The van der Waals surface area contributed by atoms with E-state index in [4.69, 9.17) is 0 Å². The maximum Gasteiger partial charge on any atom is 0.185 e. The van der Waals surface area contributed by atoms with Gasteiger partial charge in [-0.3, -0.25) is 0 Å². The van der Waals surface area contributed by atoms with E-state index in [2.05, 4.69) is 29.0 Å². The van der Waals surface area contributed by atoms with Gasteiger partial charge in [-0.2, -0.15) is 0 Å². The van der Waals surface area contributed by atoms with Crippen LogP contribution in [0, 0.1) is 5.92 Å². The van der Waals surface area contributed by atoms with Gasteiger partial charge in [0.2, 0.25) is 0 Å². The van der Waals surface area contributed by atoms with Crippen molar-refractivity contribution in [1.29, 1.82) is 0 Å². The van der Waals surface area contributed by atoms with Crippen molar-refractivity contribution in [3.8, 4) is 0 Å². The molecular weight excluding hydrogens is 230 g/mol. The molecule has 0 aromatic carbocycles. The van der Waals surface area contributed by atoms with Gasteiger partial charge < -0.3 is 10.2 Å². The van der Waals surface area contributed by atoms with Crippen LogP contribution in [-0.2, 0) is 6.54 Å². The largest absolute Gasteiger partial charge is 0.345 e. The van der Waals surface area contributed by atoms with Crippen molar-refractivity contribution in [3.63, 3.8) is 0 Å². The Morgan fingerprint density at radius 3 is 3.06 bits per heavy atom. The number of fused-ring (bicyclic) bond motifs is 2. The molecule has 4 heteroatoms. The molecule has 1 saturated carbocycles. The van der Waals surface area contributed by atoms with Crippen molar-refractivity contribution in [2.24, 2.45) is 5.92 Å². The molecule has 17 heavy (non-hydrogen) atoms. The number of hydrogen-bond donors (Lipinski definition) is 1. The summed E-state index contributed by atoms with van der Waals surface area (Å²) in [5, 5.41) is 4.70. The number of aromatic nitrogens is 1. The minimum atomic E-state index is 0.545. The van der Waals surface area contributed by atoms with E-state index < -0.39 is 0 Å². The molecule has 3 nitrogen and oxygen atoms in total. The topological polar surface area (TPSA) is 28.2 Å². The molecule has 1 aromatic heterocycles. The molecule has 1 N–H and O–H groups in total. The predicted octanol–water partition coefficient (Wildman–Crippen LogP) is 2.63. The Morgan fingerprint density at radius 2 is 2.41 bits per heavy atom. The number of thiazole rings is 1. The molecule has 2 heterocycles. The van der Waals surface area contributed by atoms with Crippen molar-refractivity contribution in [1.82, 2.24) is 10.3 Å². The molecule has 94 valence electrons. The molecule has 2 aliphatic rings. The minimum absolute atomic E-state index is 0.545. The molecule has 2 unspecified atom stereocenters. The van der Waals surface area contributed by atoms with Crippen molar-refractivity contribution in [2.75, 3.05) is 11.4 Å². The van der Waals surface area contributed by atoms with Crippen LogP contribution in [0.5, 0.6) is 0 Å². The SMILES string of the molecule is CC(C)NCc1cnc(N2CC3CCC2C3)s1. The molecule has 2 atom stereocenters. The molecule has 0 spiro atoms. The van der Waals surface area contributed by atoms with Crippen molar-refractivity contribution in [3.05, 3.63) is 11.1 Å². The Balaban J connectivity index is 1.64. The normalized spacial score (nSPS) is 27.4. The quantitative estimate of drug-likeness (QED) is 0.891. The van der Waals surface area contributed by atoms with Crippen LogP contribution in [0.4, 0.5) is 5.13 Å². The van der Waals surface area contributed by atoms with E-state index in [1.54, 1.807) is 0 Å². The minimum Gasteiger partial charge on any atom is -0.345 e. The highest BCUT2D eigenvalue weighted by Gasteiger charge is 2.38. The van der Waals surface area contributed by atoms with Crippen LogP contribution in [0.15, 0.2) is 6.20 Å². The second-order valence-corrected chi connectivity index (χ2v) is 6.72. The van der Waals surface area contributed by atoms with Gasteiger partial charge >= 0.3 is 0 Å². The zero-order chi connectivity index (χ0) is 11.8. The van der Waals surface area contributed by atoms with Gasteiger partial charge in [-0.15, -0.1) is 11.3 Å². The summed E-state index contributed by atoms with van der Waals surface area (Å²) in [5.74, 6) is 0.945. The Hall–Kier alpha value is -0.610. The van der Waals surface area contributed by atoms with Gasteiger partial charge in [0.1, 0.15) is 0 Å². The van der Waals surface area contributed by atoms with Crippen LogP contribution in [0.25, 0.3) is 0 Å². The lowest BCUT2D eigenvalue weighted by atomic mass is 10.1. The summed E-state index contributed by atoms with van der Waals surface area (Å²) >= 11 is 1.86. The van der Waals surface area contributed by atoms with Gasteiger partial charge in [-0.1, -0.05) is 13.8 Å². The number of piperidine rings is 1. The van der Waals surface area contributed by atoms with Crippen molar-refractivity contribution >= 4 is 16.5 Å². The van der Waals surface area contributed by atoms with Gasteiger partial charge in [0, 0.05) is 36.2 Å². The van der Waals surface area contributed by atoms with E-state index in [0.717, 1.165) is 18.5 Å². The van der Waals surface area contributed by atoms with Gasteiger partial charge in [0.15, 0.2) is 5.13 Å². The summed E-state index contributed by atoms with van der Waals surface area (Å²) in [7, 11) is 0. The second kappa shape index (κ2) is 4.58. The first-order valence-corrected chi connectivity index (χ1v) is 7.48. The lowest BCUT2D eigenvalue weighted by Crippen LogP contribution is -2.31. The standard InChI is InChI=1S/C13H21N3S/c1-9(2)14-6-12-7-15-13(17-12)16-8-10-3-4-11(16)5-10/h7,9-11,14H,3-6,8H2,1-2H3. The fourth-order valence-electron chi connectivity index (χ4n) is 2.98. The highest BCUT2D eigenvalue weighted by atomic mass is 32.1. The van der Waals surface area contributed by atoms with E-state index in [1.807, 2.05) is 17.5 Å². The highest BCUT2D eigenvalue weighted by Crippen LogP contribution is 2.41. The maximum absolute atomic E-state index is 4.60. The predicted molar refractivity (Wildman–Crippen MR) is 72.6 cm³/mol. The molecule has 2 bridgehead atoms. The van der Waals surface area contributed by atoms with Crippen molar-refractivity contribution < 1.29 is 0 Å². The van der Waals surface area contributed by atoms with Gasteiger partial charge in [0.05, 0.1) is 0 Å². The summed E-state index contributed by atoms with van der Waals surface area (Å²) in [6.07, 6.45) is 6.26. The van der Waals surface area contributed by atoms with Crippen LogP contribution >= 0.6 is 11.3 Å². The number of anilines is 1. The third-order valence-electron chi connectivity index (χ3n) is 3.88. The first-order valence-electron chi connectivity index (χ1n) is 6.67. The molecule has 1 aliphatic carbocycles. The van der Waals surface area contributed by atoms with E-state index >= 15 is 0 Å². The second-order valence-electron chi connectivity index (χ2n) is 5.63. The van der Waals surface area contributed by atoms with Gasteiger partial charge in [-0.25, -0.2) is 4.98 Å². The van der Waals surface area contributed by atoms with E-state index in [0.29, 0.717) is 6.04 Å². The molecular formula is C13H21N3S. The number of rotatable bonds is 4. The van der Waals surface area contributed by atoms with Crippen molar-refractivity contribution in [2.45, 2.75) is 51.7 Å². The average Bonchev–Trinajstić information content (AvgIpc) is 3.01. The van der Waals surface area contributed by atoms with E-state index in [1.165, 1.54) is 35.8 Å². The Morgan fingerprint density at radius 1 is 1.53 bits per heavy atom. The van der Waals surface area contributed by atoms with E-state index in [-0.39, 0.29) is 0 Å². The summed E-state index contributed by atoms with van der Waals surface area (Å²) in [5.41, 5.74) is 0. The summed E-state index contributed by atoms with van der Waals surface area (Å²) in [6, 6.07) is 1.33. The molecule has 2 fully saturated rings. The number of nitrogens with zero attached hydrogens (tertiary/aromatic N) is 2.